The Morgan fingerprint density at radius 2 is 2.00 bits per heavy atom. The Balaban J connectivity index is 2.54. The van der Waals surface area contributed by atoms with E-state index in [-0.39, 0.29) is 18.0 Å². The van der Waals surface area contributed by atoms with Crippen LogP contribution in [-0.2, 0) is 11.3 Å². The summed E-state index contributed by atoms with van der Waals surface area (Å²) < 4.78 is 5.30. The first-order valence-electron chi connectivity index (χ1n) is 7.33. The Hall–Kier alpha value is -1.95. The second kappa shape index (κ2) is 8.62. The highest BCUT2D eigenvalue weighted by atomic mass is 35.5. The number of carbonyl (C=O) groups is 1. The number of hydrogen-bond acceptors (Lipinski definition) is 3. The molecule has 0 fully saturated rings. The van der Waals surface area contributed by atoms with Gasteiger partial charge in [-0.15, -0.1) is 0 Å². The van der Waals surface area contributed by atoms with Gasteiger partial charge in [0.15, 0.2) is 5.96 Å². The molecule has 1 aromatic rings. The molecule has 0 aromatic heterocycles. The fourth-order valence-corrected chi connectivity index (χ4v) is 2.05. The molecule has 0 saturated heterocycles. The van der Waals surface area contributed by atoms with Crippen LogP contribution >= 0.6 is 11.6 Å². The van der Waals surface area contributed by atoms with Crippen LogP contribution < -0.4 is 20.7 Å². The van der Waals surface area contributed by atoms with Crippen LogP contribution in [0.2, 0.25) is 5.02 Å². The molecular formula is C16H25ClN4O2. The number of halogens is 1. The highest BCUT2D eigenvalue weighted by molar-refractivity contribution is 6.30. The molecule has 0 spiro atoms. The zero-order valence-electron chi connectivity index (χ0n) is 14.3. The van der Waals surface area contributed by atoms with Gasteiger partial charge in [0, 0.05) is 29.7 Å². The number of rotatable bonds is 5. The number of nitrogens with one attached hydrogen (secondary N) is 3. The number of nitrogens with zero attached hydrogens (tertiary/aromatic N) is 1. The molecule has 0 bridgehead atoms. The van der Waals surface area contributed by atoms with E-state index in [9.17, 15) is 4.79 Å². The van der Waals surface area contributed by atoms with Gasteiger partial charge in [-0.3, -0.25) is 9.79 Å². The third-order valence-electron chi connectivity index (χ3n) is 2.85. The van der Waals surface area contributed by atoms with Gasteiger partial charge in [-0.1, -0.05) is 17.7 Å². The highest BCUT2D eigenvalue weighted by Gasteiger charge is 2.13. The topological polar surface area (TPSA) is 74.8 Å². The van der Waals surface area contributed by atoms with Crippen molar-refractivity contribution in [1.82, 2.24) is 16.0 Å². The Labute approximate surface area is 142 Å². The lowest BCUT2D eigenvalue weighted by Gasteiger charge is -2.21. The number of methoxy groups -OCH3 is 1. The Morgan fingerprint density at radius 3 is 2.57 bits per heavy atom. The van der Waals surface area contributed by atoms with Crippen molar-refractivity contribution in [3.05, 3.63) is 28.8 Å². The molecule has 0 saturated carbocycles. The molecule has 0 unspecified atom stereocenters. The van der Waals surface area contributed by atoms with Gasteiger partial charge in [-0.05, 0) is 32.9 Å². The van der Waals surface area contributed by atoms with Crippen LogP contribution in [0.15, 0.2) is 23.2 Å². The second-order valence-corrected chi connectivity index (χ2v) is 6.47. The third kappa shape index (κ3) is 7.23. The van der Waals surface area contributed by atoms with Gasteiger partial charge in [0.05, 0.1) is 13.7 Å². The smallest absolute Gasteiger partial charge is 0.239 e. The van der Waals surface area contributed by atoms with Crippen LogP contribution in [0.1, 0.15) is 26.3 Å². The summed E-state index contributed by atoms with van der Waals surface area (Å²) in [6.45, 7) is 6.45. The maximum Gasteiger partial charge on any atom is 0.239 e. The number of amides is 1. The van der Waals surface area contributed by atoms with E-state index in [2.05, 4.69) is 20.9 Å². The second-order valence-electron chi connectivity index (χ2n) is 6.03. The summed E-state index contributed by atoms with van der Waals surface area (Å²) >= 11 is 5.94. The molecule has 128 valence electrons. The summed E-state index contributed by atoms with van der Waals surface area (Å²) in [6, 6.07) is 5.44. The minimum absolute atomic E-state index is 0.0930. The SMILES string of the molecule is CN=C(NCC(=O)NC(C)(C)C)NCc1ccc(Cl)cc1OC. The maximum absolute atomic E-state index is 11.8. The summed E-state index contributed by atoms with van der Waals surface area (Å²) in [6.07, 6.45) is 0. The molecule has 1 amide bonds. The minimum Gasteiger partial charge on any atom is -0.496 e. The van der Waals surface area contributed by atoms with Crippen LogP contribution in [0.25, 0.3) is 0 Å². The number of ether oxygens (including phenoxy) is 1. The monoisotopic (exact) mass is 340 g/mol. The van der Waals surface area contributed by atoms with E-state index in [1.165, 1.54) is 0 Å². The molecule has 0 heterocycles. The Bertz CT molecular complexity index is 568. The van der Waals surface area contributed by atoms with Gasteiger partial charge in [0.2, 0.25) is 5.91 Å². The van der Waals surface area contributed by atoms with Crippen molar-refractivity contribution in [2.45, 2.75) is 32.9 Å². The molecular weight excluding hydrogens is 316 g/mol. The van der Waals surface area contributed by atoms with E-state index >= 15 is 0 Å². The summed E-state index contributed by atoms with van der Waals surface area (Å²) in [5.41, 5.74) is 0.686. The van der Waals surface area contributed by atoms with Crippen molar-refractivity contribution in [2.24, 2.45) is 4.99 Å². The van der Waals surface area contributed by atoms with E-state index in [0.717, 1.165) is 5.56 Å². The van der Waals surface area contributed by atoms with E-state index in [1.807, 2.05) is 26.8 Å². The van der Waals surface area contributed by atoms with Gasteiger partial charge in [0.25, 0.3) is 0 Å². The van der Waals surface area contributed by atoms with Crippen molar-refractivity contribution in [3.8, 4) is 5.75 Å². The van der Waals surface area contributed by atoms with Crippen molar-refractivity contribution < 1.29 is 9.53 Å². The minimum atomic E-state index is -0.258. The van der Waals surface area contributed by atoms with E-state index < -0.39 is 0 Å². The lowest BCUT2D eigenvalue weighted by Crippen LogP contribution is -2.48. The predicted octanol–water partition coefficient (Wildman–Crippen LogP) is 1.93. The summed E-state index contributed by atoms with van der Waals surface area (Å²) in [7, 11) is 3.25. The first kappa shape index (κ1) is 19.1. The summed E-state index contributed by atoms with van der Waals surface area (Å²) in [5.74, 6) is 1.14. The Morgan fingerprint density at radius 1 is 1.30 bits per heavy atom. The molecule has 23 heavy (non-hydrogen) atoms. The average molecular weight is 341 g/mol. The van der Waals surface area contributed by atoms with Gasteiger partial charge >= 0.3 is 0 Å². The number of aliphatic imine (C=N–C) groups is 1. The Kier molecular flexibility index (Phi) is 7.16. The molecule has 6 nitrogen and oxygen atoms in total. The molecule has 0 aliphatic heterocycles. The average Bonchev–Trinajstić information content (AvgIpc) is 2.46. The van der Waals surface area contributed by atoms with Gasteiger partial charge in [-0.25, -0.2) is 0 Å². The summed E-state index contributed by atoms with van der Waals surface area (Å²) in [4.78, 5) is 15.9. The number of carbonyl (C=O) groups excluding carboxylic acids is 1. The fourth-order valence-electron chi connectivity index (χ4n) is 1.89. The van der Waals surface area contributed by atoms with Crippen molar-refractivity contribution in [1.29, 1.82) is 0 Å². The standard InChI is InChI=1S/C16H25ClN4O2/c1-16(2,3)21-14(22)10-20-15(18-4)19-9-11-6-7-12(17)8-13(11)23-5/h6-8H,9-10H2,1-5H3,(H,21,22)(H2,18,19,20). The predicted molar refractivity (Wildman–Crippen MR) is 94.1 cm³/mol. The van der Waals surface area contributed by atoms with Crippen LogP contribution in [0, 0.1) is 0 Å². The quantitative estimate of drug-likeness (QED) is 0.565. The zero-order chi connectivity index (χ0) is 17.5. The summed E-state index contributed by atoms with van der Waals surface area (Å²) in [5, 5.41) is 9.60. The molecule has 0 atom stereocenters. The molecule has 3 N–H and O–H groups in total. The molecule has 1 rings (SSSR count). The zero-order valence-corrected chi connectivity index (χ0v) is 15.0. The first-order chi connectivity index (χ1) is 10.7. The third-order valence-corrected chi connectivity index (χ3v) is 3.08. The first-order valence-corrected chi connectivity index (χ1v) is 7.71. The number of hydrogen-bond donors (Lipinski definition) is 3. The van der Waals surface area contributed by atoms with E-state index in [0.29, 0.717) is 23.3 Å². The fraction of sp³-hybridized carbons (Fsp3) is 0.500. The van der Waals surface area contributed by atoms with Crippen molar-refractivity contribution >= 4 is 23.5 Å². The van der Waals surface area contributed by atoms with Crippen LogP contribution in [-0.4, -0.2) is 38.1 Å². The lowest BCUT2D eigenvalue weighted by atomic mass is 10.1. The van der Waals surface area contributed by atoms with Gasteiger partial charge in [0.1, 0.15) is 5.75 Å². The van der Waals surface area contributed by atoms with E-state index in [1.54, 1.807) is 26.3 Å². The lowest BCUT2D eigenvalue weighted by molar-refractivity contribution is -0.121. The highest BCUT2D eigenvalue weighted by Crippen LogP contribution is 2.22. The molecule has 0 aliphatic rings. The van der Waals surface area contributed by atoms with Gasteiger partial charge < -0.3 is 20.7 Å². The number of benzene rings is 1. The van der Waals surface area contributed by atoms with E-state index in [4.69, 9.17) is 16.3 Å². The maximum atomic E-state index is 11.8. The normalized spacial score (nSPS) is 11.8. The van der Waals surface area contributed by atoms with Gasteiger partial charge in [-0.2, -0.15) is 0 Å². The molecule has 0 aliphatic carbocycles. The van der Waals surface area contributed by atoms with Crippen LogP contribution in [0.4, 0.5) is 0 Å². The molecule has 1 aromatic carbocycles. The largest absolute Gasteiger partial charge is 0.496 e. The number of guanidine groups is 1. The molecule has 7 heteroatoms. The van der Waals surface area contributed by atoms with Crippen LogP contribution in [0.3, 0.4) is 0 Å². The van der Waals surface area contributed by atoms with Crippen molar-refractivity contribution in [2.75, 3.05) is 20.7 Å². The molecule has 0 radical (unpaired) electrons. The van der Waals surface area contributed by atoms with Crippen LogP contribution in [0.5, 0.6) is 5.75 Å². The van der Waals surface area contributed by atoms with Crippen molar-refractivity contribution in [3.63, 3.8) is 0 Å².